The molecule has 0 saturated heterocycles. The molecule has 1 N–H and O–H groups in total. The molecule has 0 bridgehead atoms. The van der Waals surface area contributed by atoms with Crippen molar-refractivity contribution in [3.05, 3.63) is 11.6 Å². The number of rotatable bonds is 1. The van der Waals surface area contributed by atoms with Crippen LogP contribution < -0.4 is 0 Å². The summed E-state index contributed by atoms with van der Waals surface area (Å²) in [5, 5.41) is 8.72. The van der Waals surface area contributed by atoms with Crippen LogP contribution in [0.25, 0.3) is 0 Å². The molecule has 1 aliphatic rings. The van der Waals surface area contributed by atoms with Gasteiger partial charge >= 0.3 is 11.9 Å². The quantitative estimate of drug-likeness (QED) is 0.584. The van der Waals surface area contributed by atoms with E-state index in [9.17, 15) is 9.59 Å². The fraction of sp³-hybridized carbons (Fsp3) is 0.500. The van der Waals surface area contributed by atoms with Crippen molar-refractivity contribution >= 4 is 11.9 Å². The van der Waals surface area contributed by atoms with Crippen LogP contribution in [-0.2, 0) is 14.3 Å². The van der Waals surface area contributed by atoms with Gasteiger partial charge < -0.3 is 9.84 Å². The van der Waals surface area contributed by atoms with Crippen LogP contribution in [0.3, 0.4) is 0 Å². The van der Waals surface area contributed by atoms with E-state index in [4.69, 9.17) is 9.84 Å². The summed E-state index contributed by atoms with van der Waals surface area (Å²) in [4.78, 5) is 21.3. The van der Waals surface area contributed by atoms with Gasteiger partial charge in [-0.1, -0.05) is 13.8 Å². The van der Waals surface area contributed by atoms with Gasteiger partial charge in [-0.3, -0.25) is 0 Å². The fourth-order valence-corrected chi connectivity index (χ4v) is 1.04. The fourth-order valence-electron chi connectivity index (χ4n) is 1.04. The highest BCUT2D eigenvalue weighted by Crippen LogP contribution is 2.29. The summed E-state index contributed by atoms with van der Waals surface area (Å²) < 4.78 is 4.69. The third-order valence-electron chi connectivity index (χ3n) is 1.80. The first-order chi connectivity index (χ1) is 5.43. The summed E-state index contributed by atoms with van der Waals surface area (Å²) in [5.74, 6) is -1.64. The summed E-state index contributed by atoms with van der Waals surface area (Å²) in [6, 6.07) is 0. The van der Waals surface area contributed by atoms with Gasteiger partial charge in [0.05, 0.1) is 5.57 Å². The van der Waals surface area contributed by atoms with Gasteiger partial charge in [-0.05, 0) is 0 Å². The van der Waals surface area contributed by atoms with Crippen LogP contribution in [-0.4, -0.2) is 23.7 Å². The van der Waals surface area contributed by atoms with Gasteiger partial charge in [-0.2, -0.15) is 0 Å². The largest absolute Gasteiger partial charge is 0.478 e. The zero-order valence-corrected chi connectivity index (χ0v) is 6.96. The molecule has 0 aromatic heterocycles. The smallest absolute Gasteiger partial charge is 0.332 e. The molecular weight excluding hydrogens is 160 g/mol. The van der Waals surface area contributed by atoms with Crippen LogP contribution in [0.15, 0.2) is 11.6 Å². The second kappa shape index (κ2) is 2.62. The highest BCUT2D eigenvalue weighted by atomic mass is 16.5. The first-order valence-electron chi connectivity index (χ1n) is 3.56. The van der Waals surface area contributed by atoms with E-state index < -0.39 is 17.4 Å². The van der Waals surface area contributed by atoms with Gasteiger partial charge in [0.1, 0.15) is 6.61 Å². The molecule has 0 aromatic rings. The number of carboxylic acids is 1. The van der Waals surface area contributed by atoms with Crippen molar-refractivity contribution in [3.63, 3.8) is 0 Å². The second-order valence-electron chi connectivity index (χ2n) is 3.35. The number of cyclic esters (lactones) is 1. The Hall–Kier alpha value is -1.32. The Balaban J connectivity index is 3.04. The van der Waals surface area contributed by atoms with Crippen LogP contribution in [0.4, 0.5) is 0 Å². The van der Waals surface area contributed by atoms with Crippen molar-refractivity contribution in [2.24, 2.45) is 5.41 Å². The van der Waals surface area contributed by atoms with Crippen molar-refractivity contribution in [1.82, 2.24) is 0 Å². The van der Waals surface area contributed by atoms with Crippen LogP contribution in [0, 0.1) is 5.41 Å². The van der Waals surface area contributed by atoms with Gasteiger partial charge in [0.15, 0.2) is 0 Å². The van der Waals surface area contributed by atoms with Crippen molar-refractivity contribution < 1.29 is 19.4 Å². The number of ether oxygens (including phenoxy) is 1. The van der Waals surface area contributed by atoms with Crippen LogP contribution >= 0.6 is 0 Å². The summed E-state index contributed by atoms with van der Waals surface area (Å²) >= 11 is 0. The zero-order valence-electron chi connectivity index (χ0n) is 6.96. The third-order valence-corrected chi connectivity index (χ3v) is 1.80. The van der Waals surface area contributed by atoms with Gasteiger partial charge in [-0.25, -0.2) is 9.59 Å². The Kier molecular flexibility index (Phi) is 1.92. The van der Waals surface area contributed by atoms with E-state index >= 15 is 0 Å². The molecule has 0 radical (unpaired) electrons. The lowest BCUT2D eigenvalue weighted by atomic mass is 9.83. The summed E-state index contributed by atoms with van der Waals surface area (Å²) in [6.45, 7) is 3.57. The predicted molar refractivity (Wildman–Crippen MR) is 40.5 cm³/mol. The minimum atomic E-state index is -1.06. The lowest BCUT2D eigenvalue weighted by molar-refractivity contribution is -0.145. The molecule has 0 unspecified atom stereocenters. The molecule has 12 heavy (non-hydrogen) atoms. The molecular formula is C8H10O4. The SMILES string of the molecule is CC1(C)COC(=O)C=C1C(=O)O. The molecule has 4 heteroatoms. The van der Waals surface area contributed by atoms with Gasteiger partial charge in [-0.15, -0.1) is 0 Å². The van der Waals surface area contributed by atoms with E-state index in [1.807, 2.05) is 0 Å². The Morgan fingerprint density at radius 1 is 1.67 bits per heavy atom. The third kappa shape index (κ3) is 1.47. The number of esters is 1. The highest BCUT2D eigenvalue weighted by molar-refractivity contribution is 5.97. The monoisotopic (exact) mass is 170 g/mol. The topological polar surface area (TPSA) is 63.6 Å². The minimum Gasteiger partial charge on any atom is -0.478 e. The predicted octanol–water partition coefficient (Wildman–Crippen LogP) is 0.580. The van der Waals surface area contributed by atoms with Crippen molar-refractivity contribution in [2.75, 3.05) is 6.61 Å². The molecule has 0 amide bonds. The van der Waals surface area contributed by atoms with E-state index in [0.29, 0.717) is 0 Å². The number of carbonyl (C=O) groups excluding carboxylic acids is 1. The second-order valence-corrected chi connectivity index (χ2v) is 3.35. The van der Waals surface area contributed by atoms with E-state index in [1.165, 1.54) is 0 Å². The van der Waals surface area contributed by atoms with E-state index in [1.54, 1.807) is 13.8 Å². The molecule has 0 spiro atoms. The maximum atomic E-state index is 10.7. The Labute approximate surface area is 69.8 Å². The number of carboxylic acid groups (broad SMARTS) is 1. The van der Waals surface area contributed by atoms with Gasteiger partial charge in [0.25, 0.3) is 0 Å². The molecule has 0 atom stereocenters. The maximum Gasteiger partial charge on any atom is 0.332 e. The molecule has 0 aromatic carbocycles. The highest BCUT2D eigenvalue weighted by Gasteiger charge is 2.34. The molecule has 0 saturated carbocycles. The average molecular weight is 170 g/mol. The first kappa shape index (κ1) is 8.77. The molecule has 1 heterocycles. The molecule has 4 nitrogen and oxygen atoms in total. The van der Waals surface area contributed by atoms with Crippen molar-refractivity contribution in [1.29, 1.82) is 0 Å². The molecule has 0 aliphatic carbocycles. The minimum absolute atomic E-state index is 0.110. The van der Waals surface area contributed by atoms with Crippen molar-refractivity contribution in [2.45, 2.75) is 13.8 Å². The molecule has 0 fully saturated rings. The zero-order chi connectivity index (χ0) is 9.35. The van der Waals surface area contributed by atoms with E-state index in [-0.39, 0.29) is 12.2 Å². The standard InChI is InChI=1S/C8H10O4/c1-8(2)4-12-6(9)3-5(8)7(10)11/h3H,4H2,1-2H3,(H,10,11). The van der Waals surface area contributed by atoms with Gasteiger partial charge in [0.2, 0.25) is 0 Å². The van der Waals surface area contributed by atoms with Gasteiger partial charge in [0, 0.05) is 11.5 Å². The van der Waals surface area contributed by atoms with Crippen LogP contribution in [0.2, 0.25) is 0 Å². The molecule has 1 aliphatic heterocycles. The van der Waals surface area contributed by atoms with Crippen LogP contribution in [0.5, 0.6) is 0 Å². The summed E-state index contributed by atoms with van der Waals surface area (Å²) in [5.41, 5.74) is -0.474. The average Bonchev–Trinajstić information content (AvgIpc) is 1.94. The maximum absolute atomic E-state index is 10.7. The van der Waals surface area contributed by atoms with E-state index in [2.05, 4.69) is 0 Å². The number of hydrogen-bond acceptors (Lipinski definition) is 3. The van der Waals surface area contributed by atoms with E-state index in [0.717, 1.165) is 6.08 Å². The Bertz CT molecular complexity index is 262. The first-order valence-corrected chi connectivity index (χ1v) is 3.56. The number of carbonyl (C=O) groups is 2. The lowest BCUT2D eigenvalue weighted by Crippen LogP contribution is -2.32. The lowest BCUT2D eigenvalue weighted by Gasteiger charge is -2.27. The summed E-state index contributed by atoms with van der Waals surface area (Å²) in [6.07, 6.45) is 1.03. The van der Waals surface area contributed by atoms with Crippen molar-refractivity contribution in [3.8, 4) is 0 Å². The summed E-state index contributed by atoms with van der Waals surface area (Å²) in [7, 11) is 0. The van der Waals surface area contributed by atoms with Crippen LogP contribution in [0.1, 0.15) is 13.8 Å². The molecule has 1 rings (SSSR count). The number of aliphatic carboxylic acids is 1. The number of hydrogen-bond donors (Lipinski definition) is 1. The normalized spacial score (nSPS) is 21.2. The Morgan fingerprint density at radius 3 is 2.67 bits per heavy atom. The Morgan fingerprint density at radius 2 is 2.25 bits per heavy atom. The molecule has 66 valence electrons.